The van der Waals surface area contributed by atoms with Crippen molar-refractivity contribution in [3.05, 3.63) is 96.1 Å². The first-order valence-corrected chi connectivity index (χ1v) is 8.66. The lowest BCUT2D eigenvalue weighted by Gasteiger charge is -2.10. The van der Waals surface area contributed by atoms with E-state index in [2.05, 4.69) is 36.2 Å². The summed E-state index contributed by atoms with van der Waals surface area (Å²) in [6, 6.07) is 28.4. The third-order valence-corrected chi connectivity index (χ3v) is 3.94. The summed E-state index contributed by atoms with van der Waals surface area (Å²) >= 11 is 0. The van der Waals surface area contributed by atoms with E-state index in [1.807, 2.05) is 66.9 Å². The Morgan fingerprint density at radius 1 is 0.800 bits per heavy atom. The lowest BCUT2D eigenvalue weighted by Crippen LogP contribution is -2.04. The van der Waals surface area contributed by atoms with Gasteiger partial charge in [0.25, 0.3) is 0 Å². The molecule has 126 valence electrons. The molecule has 2 nitrogen and oxygen atoms in total. The SMILES string of the molecule is CC(CN=Cc1ccccc1)Cc1ccc(Oc2ccccc2)cc1. The molecule has 0 spiro atoms. The average Bonchev–Trinajstić information content (AvgIpc) is 2.65. The maximum atomic E-state index is 5.83. The van der Waals surface area contributed by atoms with Crippen LogP contribution in [0, 0.1) is 5.92 Å². The summed E-state index contributed by atoms with van der Waals surface area (Å²) in [4.78, 5) is 4.56. The first kappa shape index (κ1) is 17.0. The van der Waals surface area contributed by atoms with Crippen molar-refractivity contribution in [1.29, 1.82) is 0 Å². The highest BCUT2D eigenvalue weighted by molar-refractivity contribution is 5.79. The smallest absolute Gasteiger partial charge is 0.127 e. The van der Waals surface area contributed by atoms with Crippen LogP contribution < -0.4 is 4.74 Å². The first-order chi connectivity index (χ1) is 12.3. The Balaban J connectivity index is 1.50. The number of rotatable bonds is 7. The van der Waals surface area contributed by atoms with Crippen molar-refractivity contribution in [2.45, 2.75) is 13.3 Å². The molecule has 1 unspecified atom stereocenters. The minimum absolute atomic E-state index is 0.501. The van der Waals surface area contributed by atoms with Crippen molar-refractivity contribution in [3.8, 4) is 11.5 Å². The van der Waals surface area contributed by atoms with Crippen LogP contribution in [0.3, 0.4) is 0 Å². The van der Waals surface area contributed by atoms with Crippen LogP contribution in [-0.4, -0.2) is 12.8 Å². The van der Waals surface area contributed by atoms with E-state index in [0.29, 0.717) is 5.92 Å². The van der Waals surface area contributed by atoms with Crippen molar-refractivity contribution < 1.29 is 4.74 Å². The Bertz CT molecular complexity index is 779. The molecule has 3 rings (SSSR count). The standard InChI is InChI=1S/C23H23NO/c1-19(17-24-18-21-8-4-2-5-9-21)16-20-12-14-23(15-13-20)25-22-10-6-3-7-11-22/h2-15,18-19H,16-17H2,1H3. The van der Waals surface area contributed by atoms with Gasteiger partial charge in [-0.15, -0.1) is 0 Å². The highest BCUT2D eigenvalue weighted by Crippen LogP contribution is 2.22. The summed E-state index contributed by atoms with van der Waals surface area (Å²) in [5, 5.41) is 0. The van der Waals surface area contributed by atoms with Crippen LogP contribution in [0.2, 0.25) is 0 Å². The van der Waals surface area contributed by atoms with Crippen molar-refractivity contribution >= 4 is 6.21 Å². The fourth-order valence-electron chi connectivity index (χ4n) is 2.66. The van der Waals surface area contributed by atoms with Crippen LogP contribution >= 0.6 is 0 Å². The van der Waals surface area contributed by atoms with E-state index in [1.165, 1.54) is 5.56 Å². The molecular formula is C23H23NO. The second kappa shape index (κ2) is 8.84. The zero-order valence-electron chi connectivity index (χ0n) is 14.5. The highest BCUT2D eigenvalue weighted by atomic mass is 16.5. The van der Waals surface area contributed by atoms with Crippen LogP contribution in [-0.2, 0) is 6.42 Å². The fourth-order valence-corrected chi connectivity index (χ4v) is 2.66. The van der Waals surface area contributed by atoms with Crippen LogP contribution in [0.4, 0.5) is 0 Å². The van der Waals surface area contributed by atoms with Gasteiger partial charge in [-0.3, -0.25) is 4.99 Å². The van der Waals surface area contributed by atoms with E-state index >= 15 is 0 Å². The molecular weight excluding hydrogens is 306 g/mol. The Hall–Kier alpha value is -2.87. The Kier molecular flexibility index (Phi) is 6.00. The molecule has 25 heavy (non-hydrogen) atoms. The lowest BCUT2D eigenvalue weighted by molar-refractivity contribution is 0.482. The molecule has 0 aliphatic rings. The van der Waals surface area contributed by atoms with Gasteiger partial charge >= 0.3 is 0 Å². The van der Waals surface area contributed by atoms with Gasteiger partial charge in [0.2, 0.25) is 0 Å². The van der Waals surface area contributed by atoms with Crippen molar-refractivity contribution in [2.24, 2.45) is 10.9 Å². The fraction of sp³-hybridized carbons (Fsp3) is 0.174. The van der Waals surface area contributed by atoms with Crippen molar-refractivity contribution in [2.75, 3.05) is 6.54 Å². The topological polar surface area (TPSA) is 21.6 Å². The van der Waals surface area contributed by atoms with Crippen molar-refractivity contribution in [1.82, 2.24) is 0 Å². The van der Waals surface area contributed by atoms with Crippen LogP contribution in [0.5, 0.6) is 11.5 Å². The van der Waals surface area contributed by atoms with Crippen molar-refractivity contribution in [3.63, 3.8) is 0 Å². The number of aliphatic imine (C=N–C) groups is 1. The number of nitrogens with zero attached hydrogens (tertiary/aromatic N) is 1. The molecule has 0 fully saturated rings. The van der Waals surface area contributed by atoms with Gasteiger partial charge in [0, 0.05) is 12.8 Å². The molecule has 0 amide bonds. The second-order valence-corrected chi connectivity index (χ2v) is 6.27. The second-order valence-electron chi connectivity index (χ2n) is 6.27. The third kappa shape index (κ3) is 5.61. The molecule has 0 aromatic heterocycles. The van der Waals surface area contributed by atoms with Gasteiger partial charge in [-0.25, -0.2) is 0 Å². The summed E-state index contributed by atoms with van der Waals surface area (Å²) in [6.07, 6.45) is 2.96. The zero-order chi connectivity index (χ0) is 17.3. The predicted octanol–water partition coefficient (Wildman–Crippen LogP) is 5.78. The van der Waals surface area contributed by atoms with E-state index < -0.39 is 0 Å². The number of para-hydroxylation sites is 1. The predicted molar refractivity (Wildman–Crippen MR) is 105 cm³/mol. The molecule has 2 heteroatoms. The van der Waals surface area contributed by atoms with Gasteiger partial charge in [0.15, 0.2) is 0 Å². The lowest BCUT2D eigenvalue weighted by atomic mass is 10.0. The normalized spacial score (nSPS) is 12.2. The average molecular weight is 329 g/mol. The largest absolute Gasteiger partial charge is 0.457 e. The van der Waals surface area contributed by atoms with E-state index in [0.717, 1.165) is 30.0 Å². The zero-order valence-corrected chi connectivity index (χ0v) is 14.5. The van der Waals surface area contributed by atoms with Gasteiger partial charge in [-0.2, -0.15) is 0 Å². The molecule has 0 radical (unpaired) electrons. The summed E-state index contributed by atoms with van der Waals surface area (Å²) < 4.78 is 5.83. The molecule has 0 heterocycles. The first-order valence-electron chi connectivity index (χ1n) is 8.66. The van der Waals surface area contributed by atoms with E-state index in [9.17, 15) is 0 Å². The number of benzene rings is 3. The molecule has 3 aromatic rings. The quantitative estimate of drug-likeness (QED) is 0.504. The van der Waals surface area contributed by atoms with Crippen LogP contribution in [0.1, 0.15) is 18.1 Å². The number of hydrogen-bond acceptors (Lipinski definition) is 2. The Morgan fingerprint density at radius 2 is 1.40 bits per heavy atom. The van der Waals surface area contributed by atoms with Gasteiger partial charge in [-0.05, 0) is 47.7 Å². The minimum atomic E-state index is 0.501. The maximum Gasteiger partial charge on any atom is 0.127 e. The van der Waals surface area contributed by atoms with Gasteiger partial charge in [0.1, 0.15) is 11.5 Å². The Labute approximate surface area is 149 Å². The van der Waals surface area contributed by atoms with Crippen LogP contribution in [0.15, 0.2) is 89.9 Å². The van der Waals surface area contributed by atoms with Crippen LogP contribution in [0.25, 0.3) is 0 Å². The monoisotopic (exact) mass is 329 g/mol. The van der Waals surface area contributed by atoms with E-state index in [1.54, 1.807) is 0 Å². The number of hydrogen-bond donors (Lipinski definition) is 0. The summed E-state index contributed by atoms with van der Waals surface area (Å²) in [6.45, 7) is 3.06. The van der Waals surface area contributed by atoms with Gasteiger partial charge in [-0.1, -0.05) is 67.6 Å². The third-order valence-electron chi connectivity index (χ3n) is 3.94. The minimum Gasteiger partial charge on any atom is -0.457 e. The highest BCUT2D eigenvalue weighted by Gasteiger charge is 2.04. The molecule has 1 atom stereocenters. The van der Waals surface area contributed by atoms with Gasteiger partial charge in [0.05, 0.1) is 0 Å². The molecule has 0 saturated heterocycles. The van der Waals surface area contributed by atoms with E-state index in [4.69, 9.17) is 4.74 Å². The molecule has 0 aliphatic heterocycles. The van der Waals surface area contributed by atoms with Gasteiger partial charge < -0.3 is 4.74 Å². The molecule has 0 saturated carbocycles. The molecule has 0 N–H and O–H groups in total. The summed E-state index contributed by atoms with van der Waals surface area (Å²) in [5.74, 6) is 2.23. The molecule has 0 bridgehead atoms. The summed E-state index contributed by atoms with van der Waals surface area (Å²) in [7, 11) is 0. The summed E-state index contributed by atoms with van der Waals surface area (Å²) in [5.41, 5.74) is 2.46. The molecule has 3 aromatic carbocycles. The van der Waals surface area contributed by atoms with E-state index in [-0.39, 0.29) is 0 Å². The number of ether oxygens (including phenoxy) is 1. The maximum absolute atomic E-state index is 5.83. The Morgan fingerprint density at radius 3 is 2.08 bits per heavy atom. The molecule has 0 aliphatic carbocycles.